The molecule has 0 N–H and O–H groups in total. The zero-order valence-corrected chi connectivity index (χ0v) is 11.8. The van der Waals surface area contributed by atoms with Crippen molar-refractivity contribution in [2.24, 2.45) is 0 Å². The zero-order valence-electron chi connectivity index (χ0n) is 11.8. The molecule has 0 fully saturated rings. The first-order valence-corrected chi connectivity index (χ1v) is 6.44. The van der Waals surface area contributed by atoms with Crippen molar-refractivity contribution in [3.63, 3.8) is 0 Å². The molecule has 0 radical (unpaired) electrons. The minimum atomic E-state index is -0.499. The number of rotatable bonds is 6. The molecule has 5 nitrogen and oxygen atoms in total. The number of nitrogens with zero attached hydrogens (tertiary/aromatic N) is 2. The Morgan fingerprint density at radius 3 is 2.37 bits per heavy atom. The summed E-state index contributed by atoms with van der Waals surface area (Å²) in [6, 6.07) is 5.12. The Morgan fingerprint density at radius 1 is 1.37 bits per heavy atom. The number of anilines is 1. The number of carbonyl (C=O) groups excluding carboxylic acids is 1. The van der Waals surface area contributed by atoms with Gasteiger partial charge in [0.2, 0.25) is 0 Å². The van der Waals surface area contributed by atoms with Crippen molar-refractivity contribution >= 4 is 17.2 Å². The molecule has 0 unspecified atom stereocenters. The molecule has 0 saturated carbocycles. The topological polar surface area (TPSA) is 63.5 Å². The predicted molar refractivity (Wildman–Crippen MR) is 75.9 cm³/mol. The summed E-state index contributed by atoms with van der Waals surface area (Å²) in [5.41, 5.74) is 0.805. The third-order valence-electron chi connectivity index (χ3n) is 3.45. The maximum Gasteiger partial charge on any atom is 0.282 e. The highest BCUT2D eigenvalue weighted by atomic mass is 16.6. The molecule has 0 heterocycles. The first kappa shape index (κ1) is 15.1. The van der Waals surface area contributed by atoms with Crippen molar-refractivity contribution < 1.29 is 9.72 Å². The van der Waals surface area contributed by atoms with E-state index in [0.29, 0.717) is 6.04 Å². The molecular formula is C14H20N2O3. The van der Waals surface area contributed by atoms with Gasteiger partial charge >= 0.3 is 0 Å². The Kier molecular flexibility index (Phi) is 5.03. The van der Waals surface area contributed by atoms with Crippen LogP contribution >= 0.6 is 0 Å². The standard InChI is InChI=1S/C14H20N2O3/c1-5-11(6-2)15(4)12-7-8-13(10(3)17)14(9-12)16(18)19/h7-9,11H,5-6H2,1-4H3. The zero-order chi connectivity index (χ0) is 14.6. The summed E-state index contributed by atoms with van der Waals surface area (Å²) in [5, 5.41) is 11.0. The second kappa shape index (κ2) is 6.31. The van der Waals surface area contributed by atoms with Gasteiger partial charge in [0.05, 0.1) is 10.5 Å². The molecule has 5 heteroatoms. The highest BCUT2D eigenvalue weighted by Gasteiger charge is 2.20. The molecule has 0 atom stereocenters. The number of nitro benzene ring substituents is 1. The maximum absolute atomic E-state index is 11.4. The van der Waals surface area contributed by atoms with E-state index in [0.717, 1.165) is 18.5 Å². The molecule has 0 aliphatic rings. The molecule has 1 rings (SSSR count). The fourth-order valence-electron chi connectivity index (χ4n) is 2.24. The summed E-state index contributed by atoms with van der Waals surface area (Å²) in [4.78, 5) is 24.0. The van der Waals surface area contributed by atoms with E-state index >= 15 is 0 Å². The Hall–Kier alpha value is -1.91. The fourth-order valence-corrected chi connectivity index (χ4v) is 2.24. The highest BCUT2D eigenvalue weighted by molar-refractivity contribution is 5.98. The quantitative estimate of drug-likeness (QED) is 0.448. The third kappa shape index (κ3) is 3.30. The van der Waals surface area contributed by atoms with E-state index in [-0.39, 0.29) is 17.0 Å². The minimum absolute atomic E-state index is 0.122. The van der Waals surface area contributed by atoms with Crippen molar-refractivity contribution in [2.45, 2.75) is 39.7 Å². The smallest absolute Gasteiger partial charge is 0.282 e. The van der Waals surface area contributed by atoms with E-state index < -0.39 is 4.92 Å². The lowest BCUT2D eigenvalue weighted by molar-refractivity contribution is -0.385. The molecule has 0 amide bonds. The Bertz CT molecular complexity index is 482. The van der Waals surface area contributed by atoms with E-state index in [4.69, 9.17) is 0 Å². The number of hydrogen-bond acceptors (Lipinski definition) is 4. The van der Waals surface area contributed by atoms with Crippen LogP contribution in [0.3, 0.4) is 0 Å². The second-order valence-electron chi connectivity index (χ2n) is 4.60. The van der Waals surface area contributed by atoms with Crippen LogP contribution in [0.25, 0.3) is 0 Å². The summed E-state index contributed by atoms with van der Waals surface area (Å²) >= 11 is 0. The van der Waals surface area contributed by atoms with E-state index in [1.807, 2.05) is 11.9 Å². The van der Waals surface area contributed by atoms with Gasteiger partial charge < -0.3 is 4.90 Å². The summed E-state index contributed by atoms with van der Waals surface area (Å²) in [5.74, 6) is -0.288. The fraction of sp³-hybridized carbons (Fsp3) is 0.500. The van der Waals surface area contributed by atoms with Gasteiger partial charge in [-0.25, -0.2) is 0 Å². The number of ketones is 1. The molecule has 1 aromatic rings. The van der Waals surface area contributed by atoms with Crippen molar-refractivity contribution in [3.8, 4) is 0 Å². The summed E-state index contributed by atoms with van der Waals surface area (Å²) in [6.07, 6.45) is 1.94. The molecule has 104 valence electrons. The number of hydrogen-bond donors (Lipinski definition) is 0. The van der Waals surface area contributed by atoms with Crippen LogP contribution in [0.4, 0.5) is 11.4 Å². The van der Waals surface area contributed by atoms with Crippen molar-refractivity contribution in [1.29, 1.82) is 0 Å². The molecule has 0 spiro atoms. The molecule has 0 aliphatic carbocycles. The lowest BCUT2D eigenvalue weighted by Crippen LogP contribution is -2.30. The molecule has 0 aromatic heterocycles. The number of carbonyl (C=O) groups is 1. The van der Waals surface area contributed by atoms with E-state index in [9.17, 15) is 14.9 Å². The first-order valence-electron chi connectivity index (χ1n) is 6.44. The van der Waals surface area contributed by atoms with Crippen LogP contribution in [-0.2, 0) is 0 Å². The van der Waals surface area contributed by atoms with Crippen LogP contribution in [-0.4, -0.2) is 23.8 Å². The predicted octanol–water partition coefficient (Wildman–Crippen LogP) is 3.42. The normalized spacial score (nSPS) is 10.6. The largest absolute Gasteiger partial charge is 0.371 e. The monoisotopic (exact) mass is 264 g/mol. The Balaban J connectivity index is 3.22. The lowest BCUT2D eigenvalue weighted by Gasteiger charge is -2.28. The molecule has 0 bridgehead atoms. The van der Waals surface area contributed by atoms with Crippen LogP contribution in [0.5, 0.6) is 0 Å². The number of benzene rings is 1. The van der Waals surface area contributed by atoms with Crippen LogP contribution in [0.15, 0.2) is 18.2 Å². The summed E-state index contributed by atoms with van der Waals surface area (Å²) < 4.78 is 0. The van der Waals surface area contributed by atoms with Crippen LogP contribution in [0, 0.1) is 10.1 Å². The second-order valence-corrected chi connectivity index (χ2v) is 4.60. The molecule has 19 heavy (non-hydrogen) atoms. The summed E-state index contributed by atoms with van der Waals surface area (Å²) in [7, 11) is 1.92. The van der Waals surface area contributed by atoms with E-state index in [1.165, 1.54) is 19.1 Å². The van der Waals surface area contributed by atoms with Gasteiger partial charge in [0.25, 0.3) is 5.69 Å². The summed E-state index contributed by atoms with van der Waals surface area (Å²) in [6.45, 7) is 5.51. The Labute approximate surface area is 113 Å². The van der Waals surface area contributed by atoms with Gasteiger partial charge in [0, 0.05) is 24.8 Å². The van der Waals surface area contributed by atoms with Crippen LogP contribution in [0.1, 0.15) is 44.0 Å². The van der Waals surface area contributed by atoms with Gasteiger partial charge in [0.15, 0.2) is 5.78 Å². The van der Waals surface area contributed by atoms with Gasteiger partial charge in [-0.05, 0) is 31.9 Å². The van der Waals surface area contributed by atoms with Gasteiger partial charge in [0.1, 0.15) is 0 Å². The lowest BCUT2D eigenvalue weighted by atomic mass is 10.1. The third-order valence-corrected chi connectivity index (χ3v) is 3.45. The first-order chi connectivity index (χ1) is 8.92. The minimum Gasteiger partial charge on any atom is -0.371 e. The van der Waals surface area contributed by atoms with Crippen molar-refractivity contribution in [3.05, 3.63) is 33.9 Å². The molecule has 0 saturated heterocycles. The average molecular weight is 264 g/mol. The molecule has 0 aliphatic heterocycles. The molecule has 1 aromatic carbocycles. The highest BCUT2D eigenvalue weighted by Crippen LogP contribution is 2.27. The average Bonchev–Trinajstić information content (AvgIpc) is 2.39. The van der Waals surface area contributed by atoms with Gasteiger partial charge in [-0.15, -0.1) is 0 Å². The van der Waals surface area contributed by atoms with Crippen molar-refractivity contribution in [1.82, 2.24) is 0 Å². The Morgan fingerprint density at radius 2 is 1.95 bits per heavy atom. The maximum atomic E-state index is 11.4. The SMILES string of the molecule is CCC(CC)N(C)c1ccc(C(C)=O)c([N+](=O)[O-])c1. The van der Waals surface area contributed by atoms with Gasteiger partial charge in [-0.1, -0.05) is 13.8 Å². The van der Waals surface area contributed by atoms with E-state index in [2.05, 4.69) is 13.8 Å². The van der Waals surface area contributed by atoms with Crippen LogP contribution < -0.4 is 4.90 Å². The van der Waals surface area contributed by atoms with Gasteiger partial charge in [-0.2, -0.15) is 0 Å². The molecular weight excluding hydrogens is 244 g/mol. The van der Waals surface area contributed by atoms with Crippen molar-refractivity contribution in [2.75, 3.05) is 11.9 Å². The number of nitro groups is 1. The van der Waals surface area contributed by atoms with E-state index in [1.54, 1.807) is 6.07 Å². The number of Topliss-reactive ketones (excluding diaryl/α,β-unsaturated/α-hetero) is 1. The van der Waals surface area contributed by atoms with Gasteiger partial charge in [-0.3, -0.25) is 14.9 Å². The van der Waals surface area contributed by atoms with Crippen LogP contribution in [0.2, 0.25) is 0 Å².